The summed E-state index contributed by atoms with van der Waals surface area (Å²) >= 11 is 1.84. The zero-order valence-corrected chi connectivity index (χ0v) is 10.8. The topological polar surface area (TPSA) is 29.5 Å². The van der Waals surface area contributed by atoms with E-state index in [1.807, 2.05) is 36.9 Å². The van der Waals surface area contributed by atoms with Crippen LogP contribution in [0, 0.1) is 6.92 Å². The third-order valence-corrected chi connectivity index (χ3v) is 4.75. The minimum absolute atomic E-state index is 0.264. The highest BCUT2D eigenvalue weighted by Crippen LogP contribution is 2.44. The molecule has 1 saturated heterocycles. The van der Waals surface area contributed by atoms with Crippen molar-refractivity contribution >= 4 is 11.8 Å². The van der Waals surface area contributed by atoms with Crippen molar-refractivity contribution in [3.8, 4) is 5.75 Å². The third kappa shape index (κ3) is 1.82. The Hall–Kier alpha value is -0.670. The molecule has 1 N–H and O–H groups in total. The molecule has 1 fully saturated rings. The van der Waals surface area contributed by atoms with Gasteiger partial charge in [0.2, 0.25) is 0 Å². The summed E-state index contributed by atoms with van der Waals surface area (Å²) in [5, 5.41) is 11.0. The van der Waals surface area contributed by atoms with Crippen molar-refractivity contribution in [2.24, 2.45) is 0 Å². The van der Waals surface area contributed by atoms with E-state index in [4.69, 9.17) is 4.74 Å². The van der Waals surface area contributed by atoms with E-state index >= 15 is 0 Å². The van der Waals surface area contributed by atoms with Gasteiger partial charge in [0.25, 0.3) is 0 Å². The first-order chi connectivity index (χ1) is 7.58. The monoisotopic (exact) mass is 238 g/mol. The third-order valence-electron chi connectivity index (χ3n) is 3.42. The molecule has 0 radical (unpaired) electrons. The van der Waals surface area contributed by atoms with Gasteiger partial charge in [-0.3, -0.25) is 0 Å². The van der Waals surface area contributed by atoms with Crippen molar-refractivity contribution in [2.75, 3.05) is 12.9 Å². The quantitative estimate of drug-likeness (QED) is 0.859. The van der Waals surface area contributed by atoms with Crippen molar-refractivity contribution in [3.63, 3.8) is 0 Å². The predicted octanol–water partition coefficient (Wildman–Crippen LogP) is 2.72. The van der Waals surface area contributed by atoms with Crippen LogP contribution < -0.4 is 4.74 Å². The molecular weight excluding hydrogens is 220 g/mol. The van der Waals surface area contributed by atoms with E-state index in [2.05, 4.69) is 6.92 Å². The fourth-order valence-corrected chi connectivity index (χ4v) is 3.64. The average molecular weight is 238 g/mol. The first-order valence-electron chi connectivity index (χ1n) is 5.57. The lowest BCUT2D eigenvalue weighted by atomic mass is 9.85. The zero-order valence-electron chi connectivity index (χ0n) is 9.99. The lowest BCUT2D eigenvalue weighted by molar-refractivity contribution is 0.0420. The van der Waals surface area contributed by atoms with Crippen LogP contribution in [-0.2, 0) is 5.60 Å². The van der Waals surface area contributed by atoms with Crippen molar-refractivity contribution in [2.45, 2.75) is 31.1 Å². The fraction of sp³-hybridized carbons (Fsp3) is 0.538. The minimum atomic E-state index is -0.666. The smallest absolute Gasteiger partial charge is 0.119 e. The summed E-state index contributed by atoms with van der Waals surface area (Å²) in [5.41, 5.74) is 1.49. The Balaban J connectivity index is 2.40. The Morgan fingerprint density at radius 1 is 1.50 bits per heavy atom. The molecule has 2 nitrogen and oxygen atoms in total. The van der Waals surface area contributed by atoms with Gasteiger partial charge in [0.15, 0.2) is 0 Å². The highest BCUT2D eigenvalue weighted by Gasteiger charge is 2.41. The molecule has 88 valence electrons. The average Bonchev–Trinajstić information content (AvgIpc) is 2.60. The molecule has 1 aliphatic heterocycles. The Bertz CT molecular complexity index is 392. The van der Waals surface area contributed by atoms with Gasteiger partial charge < -0.3 is 9.84 Å². The van der Waals surface area contributed by atoms with E-state index in [0.29, 0.717) is 0 Å². The summed E-state index contributed by atoms with van der Waals surface area (Å²) in [6.45, 7) is 4.13. The number of benzene rings is 1. The molecule has 0 bridgehead atoms. The van der Waals surface area contributed by atoms with E-state index in [9.17, 15) is 5.11 Å². The molecule has 1 heterocycles. The molecule has 0 saturated carbocycles. The van der Waals surface area contributed by atoms with Gasteiger partial charge >= 0.3 is 0 Å². The number of ether oxygens (including phenoxy) is 1. The van der Waals surface area contributed by atoms with E-state index in [0.717, 1.165) is 29.1 Å². The normalized spacial score (nSPS) is 29.4. The molecule has 0 aromatic heterocycles. The minimum Gasteiger partial charge on any atom is -0.497 e. The molecule has 2 atom stereocenters. The molecule has 2 unspecified atom stereocenters. The molecule has 1 aromatic rings. The van der Waals surface area contributed by atoms with Gasteiger partial charge in [0.1, 0.15) is 11.4 Å². The van der Waals surface area contributed by atoms with Crippen LogP contribution in [0.1, 0.15) is 24.5 Å². The number of hydrogen-bond acceptors (Lipinski definition) is 3. The SMILES string of the molecule is COc1ccc(C2(O)CCSC2C)c(C)c1. The standard InChI is InChI=1S/C13H18O2S/c1-9-8-11(15-3)4-5-12(9)13(14)6-7-16-10(13)2/h4-5,8,10,14H,6-7H2,1-3H3. The van der Waals surface area contributed by atoms with E-state index < -0.39 is 5.60 Å². The first kappa shape index (κ1) is 11.8. The van der Waals surface area contributed by atoms with Crippen LogP contribution >= 0.6 is 11.8 Å². The summed E-state index contributed by atoms with van der Waals surface area (Å²) in [6, 6.07) is 5.91. The summed E-state index contributed by atoms with van der Waals surface area (Å²) in [6.07, 6.45) is 0.839. The van der Waals surface area contributed by atoms with Crippen LogP contribution in [0.3, 0.4) is 0 Å². The highest BCUT2D eigenvalue weighted by molar-refractivity contribution is 8.00. The molecule has 2 rings (SSSR count). The lowest BCUT2D eigenvalue weighted by Crippen LogP contribution is -2.32. The van der Waals surface area contributed by atoms with Gasteiger partial charge in [-0.15, -0.1) is 0 Å². The summed E-state index contributed by atoms with van der Waals surface area (Å²) in [7, 11) is 1.66. The number of hydrogen-bond donors (Lipinski definition) is 1. The van der Waals surface area contributed by atoms with E-state index in [-0.39, 0.29) is 5.25 Å². The molecule has 1 aromatic carbocycles. The Morgan fingerprint density at radius 3 is 2.75 bits per heavy atom. The van der Waals surface area contributed by atoms with Gasteiger partial charge in [0, 0.05) is 5.25 Å². The summed E-state index contributed by atoms with van der Waals surface area (Å²) < 4.78 is 5.19. The Kier molecular flexibility index (Phi) is 3.17. The lowest BCUT2D eigenvalue weighted by Gasteiger charge is -2.29. The van der Waals surface area contributed by atoms with Gasteiger partial charge in [-0.25, -0.2) is 0 Å². The number of aliphatic hydroxyl groups is 1. The molecule has 0 aliphatic carbocycles. The second-order valence-electron chi connectivity index (χ2n) is 4.37. The second kappa shape index (κ2) is 4.30. The molecule has 16 heavy (non-hydrogen) atoms. The number of aryl methyl sites for hydroxylation is 1. The summed E-state index contributed by atoms with van der Waals surface area (Å²) in [4.78, 5) is 0. The van der Waals surface area contributed by atoms with Crippen molar-refractivity contribution in [3.05, 3.63) is 29.3 Å². The van der Waals surface area contributed by atoms with Crippen LogP contribution in [0.25, 0.3) is 0 Å². The number of methoxy groups -OCH3 is 1. The maximum absolute atomic E-state index is 10.7. The van der Waals surface area contributed by atoms with Gasteiger partial charge in [-0.2, -0.15) is 11.8 Å². The molecular formula is C13H18O2S. The van der Waals surface area contributed by atoms with Crippen molar-refractivity contribution < 1.29 is 9.84 Å². The van der Waals surface area contributed by atoms with Gasteiger partial charge in [0.05, 0.1) is 7.11 Å². The van der Waals surface area contributed by atoms with Crippen LogP contribution in [0.2, 0.25) is 0 Å². The molecule has 0 spiro atoms. The first-order valence-corrected chi connectivity index (χ1v) is 6.62. The predicted molar refractivity (Wildman–Crippen MR) is 68.2 cm³/mol. The second-order valence-corrected chi connectivity index (χ2v) is 5.82. The molecule has 3 heteroatoms. The van der Waals surface area contributed by atoms with Crippen LogP contribution in [0.5, 0.6) is 5.75 Å². The van der Waals surface area contributed by atoms with Crippen molar-refractivity contribution in [1.29, 1.82) is 0 Å². The highest BCUT2D eigenvalue weighted by atomic mass is 32.2. The maximum Gasteiger partial charge on any atom is 0.119 e. The van der Waals surface area contributed by atoms with E-state index in [1.54, 1.807) is 7.11 Å². The Labute approximate surface area is 101 Å². The largest absolute Gasteiger partial charge is 0.497 e. The van der Waals surface area contributed by atoms with Gasteiger partial charge in [-0.1, -0.05) is 13.0 Å². The van der Waals surface area contributed by atoms with E-state index in [1.165, 1.54) is 0 Å². The number of rotatable bonds is 2. The zero-order chi connectivity index (χ0) is 11.8. The van der Waals surface area contributed by atoms with Crippen molar-refractivity contribution in [1.82, 2.24) is 0 Å². The fourth-order valence-electron chi connectivity index (χ4n) is 2.33. The molecule has 0 amide bonds. The van der Waals surface area contributed by atoms with Crippen LogP contribution in [0.15, 0.2) is 18.2 Å². The number of thioether (sulfide) groups is 1. The van der Waals surface area contributed by atoms with Crippen LogP contribution in [0.4, 0.5) is 0 Å². The van der Waals surface area contributed by atoms with Gasteiger partial charge in [-0.05, 0) is 42.4 Å². The maximum atomic E-state index is 10.7. The summed E-state index contributed by atoms with van der Waals surface area (Å²) in [5.74, 6) is 1.88. The van der Waals surface area contributed by atoms with Crippen LogP contribution in [-0.4, -0.2) is 23.2 Å². The Morgan fingerprint density at radius 2 is 2.25 bits per heavy atom. The molecule has 1 aliphatic rings.